The summed E-state index contributed by atoms with van der Waals surface area (Å²) in [5.74, 6) is 0.246. The van der Waals surface area contributed by atoms with Crippen molar-refractivity contribution in [2.24, 2.45) is 11.7 Å². The molecule has 1 aromatic rings. The van der Waals surface area contributed by atoms with Crippen molar-refractivity contribution in [3.63, 3.8) is 0 Å². The predicted molar refractivity (Wildman–Crippen MR) is 81.3 cm³/mol. The van der Waals surface area contributed by atoms with Crippen LogP contribution < -0.4 is 11.1 Å². The molecule has 5 heteroatoms. The van der Waals surface area contributed by atoms with Gasteiger partial charge in [0.05, 0.1) is 0 Å². The van der Waals surface area contributed by atoms with E-state index in [2.05, 4.69) is 10.2 Å². The number of nitrogens with one attached hydrogen (secondary N) is 1. The van der Waals surface area contributed by atoms with Crippen LogP contribution in [0, 0.1) is 11.7 Å². The molecule has 0 bridgehead atoms. The van der Waals surface area contributed by atoms with E-state index in [1.165, 1.54) is 13.0 Å². The molecule has 1 aliphatic heterocycles. The molecule has 2 rings (SSSR count). The summed E-state index contributed by atoms with van der Waals surface area (Å²) >= 11 is 0. The number of carbonyl (C=O) groups is 1. The van der Waals surface area contributed by atoms with Gasteiger partial charge in [-0.1, -0.05) is 12.1 Å². The molecule has 2 unspecified atom stereocenters. The predicted octanol–water partition coefficient (Wildman–Crippen LogP) is 1.15. The molecule has 21 heavy (non-hydrogen) atoms. The number of halogens is 1. The van der Waals surface area contributed by atoms with Crippen molar-refractivity contribution in [2.75, 3.05) is 26.2 Å². The van der Waals surface area contributed by atoms with Gasteiger partial charge in [0.1, 0.15) is 5.82 Å². The molecule has 2 atom stereocenters. The summed E-state index contributed by atoms with van der Waals surface area (Å²) in [6, 6.07) is 6.93. The molecule has 0 saturated carbocycles. The van der Waals surface area contributed by atoms with Crippen LogP contribution >= 0.6 is 0 Å². The van der Waals surface area contributed by atoms with E-state index in [-0.39, 0.29) is 17.8 Å². The molecule has 1 saturated heterocycles. The Hall–Kier alpha value is -1.46. The summed E-state index contributed by atoms with van der Waals surface area (Å²) in [6.07, 6.45) is 1.81. The molecule has 0 aliphatic carbocycles. The van der Waals surface area contributed by atoms with E-state index in [0.29, 0.717) is 12.5 Å². The van der Waals surface area contributed by atoms with Gasteiger partial charge >= 0.3 is 0 Å². The highest BCUT2D eigenvalue weighted by Gasteiger charge is 2.25. The van der Waals surface area contributed by atoms with Gasteiger partial charge in [0.25, 0.3) is 0 Å². The summed E-state index contributed by atoms with van der Waals surface area (Å²) in [5, 5.41) is 2.81. The normalized spacial score (nSPS) is 23.0. The second kappa shape index (κ2) is 7.52. The Kier molecular flexibility index (Phi) is 5.70. The van der Waals surface area contributed by atoms with Gasteiger partial charge in [-0.15, -0.1) is 0 Å². The van der Waals surface area contributed by atoms with Gasteiger partial charge in [0.2, 0.25) is 5.91 Å². The number of amides is 1. The molecular formula is C16H24FN3O. The minimum absolute atomic E-state index is 0.00683. The van der Waals surface area contributed by atoms with Crippen LogP contribution in [-0.4, -0.2) is 43.0 Å². The van der Waals surface area contributed by atoms with Crippen LogP contribution in [0.3, 0.4) is 0 Å². The van der Waals surface area contributed by atoms with Crippen molar-refractivity contribution in [3.05, 3.63) is 35.6 Å². The maximum atomic E-state index is 13.2. The summed E-state index contributed by atoms with van der Waals surface area (Å²) in [6.45, 7) is 4.79. The third-order valence-electron chi connectivity index (χ3n) is 3.86. The Morgan fingerprint density at radius 3 is 3.00 bits per heavy atom. The summed E-state index contributed by atoms with van der Waals surface area (Å²) in [5.41, 5.74) is 7.15. The zero-order chi connectivity index (χ0) is 15.2. The minimum Gasteiger partial charge on any atom is -0.355 e. The Labute approximate surface area is 125 Å². The molecule has 1 heterocycles. The van der Waals surface area contributed by atoms with Gasteiger partial charge in [-0.3, -0.25) is 9.69 Å². The molecule has 0 radical (unpaired) electrons. The number of carbonyl (C=O) groups excluding carboxylic acids is 1. The lowest BCUT2D eigenvalue weighted by atomic mass is 9.89. The minimum atomic E-state index is -0.185. The van der Waals surface area contributed by atoms with Gasteiger partial charge in [-0.25, -0.2) is 4.39 Å². The fourth-order valence-electron chi connectivity index (χ4n) is 3.07. The number of piperidine rings is 1. The number of nitrogens with zero attached hydrogens (tertiary/aromatic N) is 1. The van der Waals surface area contributed by atoms with Crippen LogP contribution in [0.25, 0.3) is 0 Å². The average molecular weight is 293 g/mol. The maximum Gasteiger partial charge on any atom is 0.216 e. The average Bonchev–Trinajstić information content (AvgIpc) is 2.37. The highest BCUT2D eigenvalue weighted by Crippen LogP contribution is 2.20. The van der Waals surface area contributed by atoms with E-state index in [1.807, 2.05) is 6.07 Å². The Bertz CT molecular complexity index is 480. The first-order valence-corrected chi connectivity index (χ1v) is 7.49. The van der Waals surface area contributed by atoms with Crippen LogP contribution in [0.5, 0.6) is 0 Å². The Morgan fingerprint density at radius 2 is 2.29 bits per heavy atom. The van der Waals surface area contributed by atoms with E-state index in [0.717, 1.165) is 38.0 Å². The lowest BCUT2D eigenvalue weighted by molar-refractivity contribution is -0.119. The van der Waals surface area contributed by atoms with Gasteiger partial charge in [-0.2, -0.15) is 0 Å². The summed E-state index contributed by atoms with van der Waals surface area (Å²) < 4.78 is 13.2. The molecule has 0 aromatic heterocycles. The lowest BCUT2D eigenvalue weighted by Crippen LogP contribution is -2.49. The van der Waals surface area contributed by atoms with Crippen LogP contribution in [-0.2, 0) is 11.2 Å². The van der Waals surface area contributed by atoms with Crippen molar-refractivity contribution in [2.45, 2.75) is 25.8 Å². The van der Waals surface area contributed by atoms with Gasteiger partial charge in [0, 0.05) is 39.1 Å². The molecule has 0 spiro atoms. The van der Waals surface area contributed by atoms with Crippen LogP contribution in [0.4, 0.5) is 4.39 Å². The van der Waals surface area contributed by atoms with E-state index >= 15 is 0 Å². The number of hydrogen-bond donors (Lipinski definition) is 2. The van der Waals surface area contributed by atoms with Gasteiger partial charge in [0.15, 0.2) is 0 Å². The van der Waals surface area contributed by atoms with Crippen molar-refractivity contribution >= 4 is 5.91 Å². The molecule has 1 aliphatic rings. The Balaban J connectivity index is 1.86. The highest BCUT2D eigenvalue weighted by molar-refractivity contribution is 5.72. The van der Waals surface area contributed by atoms with Gasteiger partial charge < -0.3 is 11.1 Å². The van der Waals surface area contributed by atoms with Crippen LogP contribution in [0.15, 0.2) is 24.3 Å². The van der Waals surface area contributed by atoms with E-state index < -0.39 is 0 Å². The first-order chi connectivity index (χ1) is 10.0. The standard InChI is InChI=1S/C16H24FN3O/c1-12(21)19-5-6-20-10-14(9-16(18)11-20)7-13-3-2-4-15(17)8-13/h2-4,8,14,16H,5-7,9-11,18H2,1H3,(H,19,21). The maximum absolute atomic E-state index is 13.2. The highest BCUT2D eigenvalue weighted by atomic mass is 19.1. The van der Waals surface area contributed by atoms with E-state index in [9.17, 15) is 9.18 Å². The van der Waals surface area contributed by atoms with Crippen molar-refractivity contribution in [1.82, 2.24) is 10.2 Å². The van der Waals surface area contributed by atoms with Gasteiger partial charge in [-0.05, 0) is 36.5 Å². The third-order valence-corrected chi connectivity index (χ3v) is 3.86. The SMILES string of the molecule is CC(=O)NCCN1CC(N)CC(Cc2cccc(F)c2)C1. The second-order valence-electron chi connectivity index (χ2n) is 5.94. The molecule has 1 amide bonds. The van der Waals surface area contributed by atoms with Crippen LogP contribution in [0.1, 0.15) is 18.9 Å². The topological polar surface area (TPSA) is 58.4 Å². The molecule has 1 aromatic carbocycles. The second-order valence-corrected chi connectivity index (χ2v) is 5.94. The Morgan fingerprint density at radius 1 is 1.48 bits per heavy atom. The molecular weight excluding hydrogens is 269 g/mol. The van der Waals surface area contributed by atoms with Crippen molar-refractivity contribution in [1.29, 1.82) is 0 Å². The number of likely N-dealkylation sites (tertiary alicyclic amines) is 1. The first-order valence-electron chi connectivity index (χ1n) is 7.49. The van der Waals surface area contributed by atoms with E-state index in [1.54, 1.807) is 12.1 Å². The first kappa shape index (κ1) is 15.9. The quantitative estimate of drug-likeness (QED) is 0.856. The van der Waals surface area contributed by atoms with E-state index in [4.69, 9.17) is 5.73 Å². The van der Waals surface area contributed by atoms with Crippen LogP contribution in [0.2, 0.25) is 0 Å². The molecule has 4 nitrogen and oxygen atoms in total. The number of benzene rings is 1. The monoisotopic (exact) mass is 293 g/mol. The third kappa shape index (κ3) is 5.44. The molecule has 3 N–H and O–H groups in total. The van der Waals surface area contributed by atoms with Crippen molar-refractivity contribution < 1.29 is 9.18 Å². The number of nitrogens with two attached hydrogens (primary N) is 1. The number of hydrogen-bond acceptors (Lipinski definition) is 3. The summed E-state index contributed by atoms with van der Waals surface area (Å²) in [7, 11) is 0. The zero-order valence-electron chi connectivity index (χ0n) is 12.5. The zero-order valence-corrected chi connectivity index (χ0v) is 12.5. The smallest absolute Gasteiger partial charge is 0.216 e. The molecule has 1 fully saturated rings. The summed E-state index contributed by atoms with van der Waals surface area (Å²) in [4.78, 5) is 13.2. The largest absolute Gasteiger partial charge is 0.355 e. The van der Waals surface area contributed by atoms with Crippen molar-refractivity contribution in [3.8, 4) is 0 Å². The molecule has 116 valence electrons. The fraction of sp³-hybridized carbons (Fsp3) is 0.562. The number of rotatable bonds is 5. The lowest BCUT2D eigenvalue weighted by Gasteiger charge is -2.36. The fourth-order valence-corrected chi connectivity index (χ4v) is 3.07.